The zero-order chi connectivity index (χ0) is 14.1. The molecule has 0 saturated carbocycles. The van der Waals surface area contributed by atoms with Crippen LogP contribution in [0.15, 0.2) is 52.9 Å². The second-order valence-electron chi connectivity index (χ2n) is 4.41. The molecule has 0 spiro atoms. The lowest BCUT2D eigenvalue weighted by Crippen LogP contribution is -1.83. The maximum absolute atomic E-state index is 6.08. The van der Waals surface area contributed by atoms with Crippen LogP contribution >= 0.6 is 23.2 Å². The first-order chi connectivity index (χ1) is 9.65. The Bertz CT molecular complexity index is 750. The summed E-state index contributed by atoms with van der Waals surface area (Å²) in [5.41, 5.74) is 2.64. The van der Waals surface area contributed by atoms with Gasteiger partial charge in [0, 0.05) is 18.1 Å². The van der Waals surface area contributed by atoms with Crippen LogP contribution in [0.1, 0.15) is 5.89 Å². The Hall–Kier alpha value is -1.77. The van der Waals surface area contributed by atoms with E-state index in [0.29, 0.717) is 15.9 Å². The van der Waals surface area contributed by atoms with Crippen molar-refractivity contribution in [3.05, 3.63) is 64.5 Å². The Labute approximate surface area is 127 Å². The fourth-order valence-electron chi connectivity index (χ4n) is 2.05. The summed E-state index contributed by atoms with van der Waals surface area (Å²) in [6, 6.07) is 15.3. The van der Waals surface area contributed by atoms with Gasteiger partial charge in [0.15, 0.2) is 11.7 Å². The molecule has 100 valence electrons. The maximum atomic E-state index is 6.08. The molecule has 0 N–H and O–H groups in total. The van der Waals surface area contributed by atoms with Gasteiger partial charge in [-0.05, 0) is 12.1 Å². The van der Waals surface area contributed by atoms with Crippen molar-refractivity contribution in [1.82, 2.24) is 4.98 Å². The number of nitrogens with zero attached hydrogens (tertiary/aromatic N) is 1. The van der Waals surface area contributed by atoms with E-state index >= 15 is 0 Å². The molecule has 0 atom stereocenters. The predicted octanol–water partition coefficient (Wildman–Crippen LogP) is 5.62. The van der Waals surface area contributed by atoms with E-state index in [1.54, 1.807) is 12.1 Å². The van der Waals surface area contributed by atoms with Gasteiger partial charge in [-0.2, -0.15) is 0 Å². The fourth-order valence-corrected chi connectivity index (χ4v) is 2.35. The van der Waals surface area contributed by atoms with Gasteiger partial charge < -0.3 is 4.42 Å². The number of hydrogen-bond acceptors (Lipinski definition) is 2. The van der Waals surface area contributed by atoms with Gasteiger partial charge >= 0.3 is 0 Å². The molecule has 0 unspecified atom stereocenters. The average molecular weight is 304 g/mol. The SMILES string of the molecule is Cc1nc(-c2ccc(Cl)c(Cl)c2)c(-c2ccccc2)o1. The molecule has 0 saturated heterocycles. The number of oxazole rings is 1. The van der Waals surface area contributed by atoms with Crippen LogP contribution < -0.4 is 0 Å². The first kappa shape index (κ1) is 13.2. The predicted molar refractivity (Wildman–Crippen MR) is 82.1 cm³/mol. The second kappa shape index (κ2) is 5.31. The van der Waals surface area contributed by atoms with E-state index < -0.39 is 0 Å². The zero-order valence-corrected chi connectivity index (χ0v) is 12.2. The Morgan fingerprint density at radius 2 is 1.65 bits per heavy atom. The molecule has 0 aliphatic carbocycles. The number of aromatic nitrogens is 1. The van der Waals surface area contributed by atoms with Crippen LogP contribution in [0.25, 0.3) is 22.6 Å². The van der Waals surface area contributed by atoms with Crippen molar-refractivity contribution >= 4 is 23.2 Å². The van der Waals surface area contributed by atoms with Crippen molar-refractivity contribution in [2.75, 3.05) is 0 Å². The number of benzene rings is 2. The van der Waals surface area contributed by atoms with Crippen LogP contribution in [0, 0.1) is 6.92 Å². The number of halogens is 2. The minimum Gasteiger partial charge on any atom is -0.440 e. The van der Waals surface area contributed by atoms with E-state index in [4.69, 9.17) is 27.6 Å². The topological polar surface area (TPSA) is 26.0 Å². The Balaban J connectivity index is 2.17. The third-order valence-electron chi connectivity index (χ3n) is 2.96. The van der Waals surface area contributed by atoms with Crippen molar-refractivity contribution in [3.63, 3.8) is 0 Å². The third-order valence-corrected chi connectivity index (χ3v) is 3.70. The molecular formula is C16H11Cl2NO. The molecular weight excluding hydrogens is 293 g/mol. The van der Waals surface area contributed by atoms with Crippen LogP contribution in [0.2, 0.25) is 10.0 Å². The second-order valence-corrected chi connectivity index (χ2v) is 5.22. The highest BCUT2D eigenvalue weighted by Crippen LogP contribution is 2.35. The molecule has 4 heteroatoms. The Morgan fingerprint density at radius 1 is 0.900 bits per heavy atom. The van der Waals surface area contributed by atoms with Crippen LogP contribution in [-0.4, -0.2) is 4.98 Å². The highest BCUT2D eigenvalue weighted by Gasteiger charge is 2.15. The summed E-state index contributed by atoms with van der Waals surface area (Å²) < 4.78 is 5.74. The Kier molecular flexibility index (Phi) is 3.51. The first-order valence-electron chi connectivity index (χ1n) is 6.13. The van der Waals surface area contributed by atoms with Crippen LogP contribution in [0.3, 0.4) is 0 Å². The molecule has 1 aromatic heterocycles. The third kappa shape index (κ3) is 2.45. The zero-order valence-electron chi connectivity index (χ0n) is 10.7. The van der Waals surface area contributed by atoms with Crippen LogP contribution in [0.4, 0.5) is 0 Å². The summed E-state index contributed by atoms with van der Waals surface area (Å²) in [5.74, 6) is 1.35. The molecule has 0 amide bonds. The maximum Gasteiger partial charge on any atom is 0.192 e. The van der Waals surface area contributed by atoms with Crippen molar-refractivity contribution in [2.24, 2.45) is 0 Å². The molecule has 0 aliphatic rings. The van der Waals surface area contributed by atoms with Crippen molar-refractivity contribution in [3.8, 4) is 22.6 Å². The van der Waals surface area contributed by atoms with E-state index in [9.17, 15) is 0 Å². The molecule has 20 heavy (non-hydrogen) atoms. The molecule has 0 aliphatic heterocycles. The average Bonchev–Trinajstić information content (AvgIpc) is 2.85. The fraction of sp³-hybridized carbons (Fsp3) is 0.0625. The molecule has 0 bridgehead atoms. The summed E-state index contributed by atoms with van der Waals surface area (Å²) >= 11 is 12.0. The van der Waals surface area contributed by atoms with Gasteiger partial charge in [0.05, 0.1) is 10.0 Å². The molecule has 0 radical (unpaired) electrons. The van der Waals surface area contributed by atoms with Crippen molar-refractivity contribution in [2.45, 2.75) is 6.92 Å². The Morgan fingerprint density at radius 3 is 2.35 bits per heavy atom. The molecule has 3 rings (SSSR count). The molecule has 2 aromatic carbocycles. The first-order valence-corrected chi connectivity index (χ1v) is 6.89. The molecule has 3 aromatic rings. The van der Waals surface area contributed by atoms with E-state index in [1.165, 1.54) is 0 Å². The van der Waals surface area contributed by atoms with Gasteiger partial charge in [0.25, 0.3) is 0 Å². The molecule has 0 fully saturated rings. The van der Waals surface area contributed by atoms with Gasteiger partial charge in [-0.25, -0.2) is 4.98 Å². The summed E-state index contributed by atoms with van der Waals surface area (Å²) in [6.07, 6.45) is 0. The highest BCUT2D eigenvalue weighted by atomic mass is 35.5. The smallest absolute Gasteiger partial charge is 0.192 e. The highest BCUT2D eigenvalue weighted by molar-refractivity contribution is 6.42. The number of aryl methyl sites for hydroxylation is 1. The van der Waals surface area contributed by atoms with Crippen molar-refractivity contribution in [1.29, 1.82) is 0 Å². The van der Waals surface area contributed by atoms with E-state index in [0.717, 1.165) is 22.6 Å². The van der Waals surface area contributed by atoms with Crippen LogP contribution in [0.5, 0.6) is 0 Å². The minimum atomic E-state index is 0.504. The van der Waals surface area contributed by atoms with Gasteiger partial charge in [-0.15, -0.1) is 0 Å². The lowest BCUT2D eigenvalue weighted by atomic mass is 10.1. The standard InChI is InChI=1S/C16H11Cl2NO/c1-10-19-15(12-7-8-13(17)14(18)9-12)16(20-10)11-5-3-2-4-6-11/h2-9H,1H3. The van der Waals surface area contributed by atoms with Crippen molar-refractivity contribution < 1.29 is 4.42 Å². The lowest BCUT2D eigenvalue weighted by molar-refractivity contribution is 0.534. The largest absolute Gasteiger partial charge is 0.440 e. The van der Waals surface area contributed by atoms with Gasteiger partial charge in [0.2, 0.25) is 0 Å². The van der Waals surface area contributed by atoms with E-state index in [1.807, 2.05) is 43.3 Å². The van der Waals surface area contributed by atoms with Gasteiger partial charge in [-0.3, -0.25) is 0 Å². The van der Waals surface area contributed by atoms with E-state index in [2.05, 4.69) is 4.98 Å². The minimum absolute atomic E-state index is 0.504. The normalized spacial score (nSPS) is 10.8. The van der Waals surface area contributed by atoms with Gasteiger partial charge in [-0.1, -0.05) is 59.6 Å². The van der Waals surface area contributed by atoms with Gasteiger partial charge in [0.1, 0.15) is 5.69 Å². The summed E-state index contributed by atoms with van der Waals surface area (Å²) in [7, 11) is 0. The van der Waals surface area contributed by atoms with Crippen LogP contribution in [-0.2, 0) is 0 Å². The molecule has 1 heterocycles. The number of hydrogen-bond donors (Lipinski definition) is 0. The van der Waals surface area contributed by atoms with E-state index in [-0.39, 0.29) is 0 Å². The summed E-state index contributed by atoms with van der Waals surface area (Å²) in [4.78, 5) is 4.46. The quantitative estimate of drug-likeness (QED) is 0.613. The summed E-state index contributed by atoms with van der Waals surface area (Å²) in [5, 5.41) is 1.03. The monoisotopic (exact) mass is 303 g/mol. The lowest BCUT2D eigenvalue weighted by Gasteiger charge is -2.03. The summed E-state index contributed by atoms with van der Waals surface area (Å²) in [6.45, 7) is 1.83. The molecule has 2 nitrogen and oxygen atoms in total. The number of rotatable bonds is 2.